The molecule has 3 rings (SSSR count). The van der Waals surface area contributed by atoms with E-state index in [9.17, 15) is 9.90 Å². The molecule has 1 N–H and O–H groups in total. The Kier molecular flexibility index (Phi) is 4.93. The summed E-state index contributed by atoms with van der Waals surface area (Å²) in [5, 5.41) is 13.4. The predicted octanol–water partition coefficient (Wildman–Crippen LogP) is 2.22. The molecule has 23 heavy (non-hydrogen) atoms. The first-order chi connectivity index (χ1) is 11.1. The number of anilines is 1. The Labute approximate surface area is 140 Å². The van der Waals surface area contributed by atoms with Gasteiger partial charge in [-0.05, 0) is 18.9 Å². The minimum absolute atomic E-state index is 0.214. The number of nitrogens with zero attached hydrogens (tertiary/aromatic N) is 3. The molecule has 1 aromatic heterocycles. The normalized spacial score (nSPS) is 17.0. The highest BCUT2D eigenvalue weighted by atomic mass is 32.1. The van der Waals surface area contributed by atoms with E-state index in [1.54, 1.807) is 28.4 Å². The highest BCUT2D eigenvalue weighted by Crippen LogP contribution is 2.22. The Hall–Kier alpha value is -1.92. The molecule has 2 aromatic rings. The van der Waals surface area contributed by atoms with Crippen molar-refractivity contribution >= 4 is 22.4 Å². The SMILES string of the molecule is Cc1csc(N2CCCN(C(=O)C(O)c3ccccc3)CC2)n1. The van der Waals surface area contributed by atoms with Crippen LogP contribution >= 0.6 is 11.3 Å². The summed E-state index contributed by atoms with van der Waals surface area (Å²) in [7, 11) is 0. The molecule has 1 fully saturated rings. The Morgan fingerprint density at radius 3 is 2.70 bits per heavy atom. The third-order valence-electron chi connectivity index (χ3n) is 4.03. The van der Waals surface area contributed by atoms with Crippen molar-refractivity contribution in [2.45, 2.75) is 19.4 Å². The third kappa shape index (κ3) is 3.71. The van der Waals surface area contributed by atoms with Gasteiger partial charge >= 0.3 is 0 Å². The number of aliphatic hydroxyl groups is 1. The average Bonchev–Trinajstić information content (AvgIpc) is 2.86. The minimum Gasteiger partial charge on any atom is -0.378 e. The van der Waals surface area contributed by atoms with Gasteiger partial charge in [0.05, 0.1) is 5.69 Å². The van der Waals surface area contributed by atoms with Crippen LogP contribution in [-0.2, 0) is 4.79 Å². The lowest BCUT2D eigenvalue weighted by atomic mass is 10.1. The first kappa shape index (κ1) is 16.0. The van der Waals surface area contributed by atoms with E-state index in [1.165, 1.54) is 0 Å². The van der Waals surface area contributed by atoms with Crippen LogP contribution in [0.4, 0.5) is 5.13 Å². The standard InChI is InChI=1S/C17H21N3O2S/c1-13-12-23-17(18-13)20-9-5-8-19(10-11-20)16(22)15(21)14-6-3-2-4-7-14/h2-4,6-7,12,15,21H,5,8-11H2,1H3. The van der Waals surface area contributed by atoms with Crippen LogP contribution in [0.15, 0.2) is 35.7 Å². The number of carbonyl (C=O) groups is 1. The lowest BCUT2D eigenvalue weighted by Crippen LogP contribution is -2.38. The summed E-state index contributed by atoms with van der Waals surface area (Å²) in [5.74, 6) is -0.214. The van der Waals surface area contributed by atoms with E-state index >= 15 is 0 Å². The lowest BCUT2D eigenvalue weighted by Gasteiger charge is -2.24. The van der Waals surface area contributed by atoms with Crippen molar-refractivity contribution in [2.24, 2.45) is 0 Å². The van der Waals surface area contributed by atoms with Crippen molar-refractivity contribution < 1.29 is 9.90 Å². The van der Waals surface area contributed by atoms with Gasteiger partial charge in [0.1, 0.15) is 0 Å². The molecule has 1 aliphatic heterocycles. The summed E-state index contributed by atoms with van der Waals surface area (Å²) in [6.07, 6.45) is -0.198. The quantitative estimate of drug-likeness (QED) is 0.937. The fourth-order valence-corrected chi connectivity index (χ4v) is 3.62. The molecule has 0 radical (unpaired) electrons. The van der Waals surface area contributed by atoms with E-state index in [0.717, 1.165) is 30.3 Å². The number of rotatable bonds is 3. The number of aryl methyl sites for hydroxylation is 1. The molecule has 1 saturated heterocycles. The Morgan fingerprint density at radius 1 is 1.22 bits per heavy atom. The fraction of sp³-hybridized carbons (Fsp3) is 0.412. The van der Waals surface area contributed by atoms with Crippen LogP contribution < -0.4 is 4.90 Å². The molecule has 2 heterocycles. The van der Waals surface area contributed by atoms with E-state index in [0.29, 0.717) is 18.7 Å². The van der Waals surface area contributed by atoms with E-state index < -0.39 is 6.10 Å². The van der Waals surface area contributed by atoms with E-state index in [1.807, 2.05) is 30.5 Å². The van der Waals surface area contributed by atoms with Gasteiger partial charge < -0.3 is 14.9 Å². The zero-order chi connectivity index (χ0) is 16.2. The summed E-state index contributed by atoms with van der Waals surface area (Å²) in [4.78, 5) is 21.0. The zero-order valence-electron chi connectivity index (χ0n) is 13.2. The third-order valence-corrected chi connectivity index (χ3v) is 5.05. The van der Waals surface area contributed by atoms with Crippen molar-refractivity contribution in [3.05, 3.63) is 47.0 Å². The number of thiazole rings is 1. The van der Waals surface area contributed by atoms with E-state index in [2.05, 4.69) is 9.88 Å². The van der Waals surface area contributed by atoms with E-state index in [4.69, 9.17) is 0 Å². The molecule has 0 saturated carbocycles. The van der Waals surface area contributed by atoms with Gasteiger partial charge in [0.15, 0.2) is 11.2 Å². The number of aromatic nitrogens is 1. The first-order valence-electron chi connectivity index (χ1n) is 7.84. The topological polar surface area (TPSA) is 56.7 Å². The lowest BCUT2D eigenvalue weighted by molar-refractivity contribution is -0.140. The summed E-state index contributed by atoms with van der Waals surface area (Å²) in [5.41, 5.74) is 1.68. The molecular formula is C17H21N3O2S. The second kappa shape index (κ2) is 7.10. The molecular weight excluding hydrogens is 310 g/mol. The second-order valence-corrected chi connectivity index (χ2v) is 6.59. The predicted molar refractivity (Wildman–Crippen MR) is 91.7 cm³/mol. The fourth-order valence-electron chi connectivity index (χ4n) is 2.77. The summed E-state index contributed by atoms with van der Waals surface area (Å²) in [6.45, 7) is 4.91. The maximum Gasteiger partial charge on any atom is 0.256 e. The van der Waals surface area contributed by atoms with Crippen molar-refractivity contribution in [2.75, 3.05) is 31.1 Å². The molecule has 122 valence electrons. The number of hydrogen-bond donors (Lipinski definition) is 1. The minimum atomic E-state index is -1.08. The summed E-state index contributed by atoms with van der Waals surface area (Å²) < 4.78 is 0. The zero-order valence-corrected chi connectivity index (χ0v) is 14.0. The van der Waals surface area contributed by atoms with Gasteiger partial charge in [-0.15, -0.1) is 11.3 Å². The molecule has 1 unspecified atom stereocenters. The highest BCUT2D eigenvalue weighted by Gasteiger charge is 2.26. The second-order valence-electron chi connectivity index (χ2n) is 5.75. The van der Waals surface area contributed by atoms with Gasteiger partial charge in [0, 0.05) is 31.6 Å². The van der Waals surface area contributed by atoms with Gasteiger partial charge in [0.2, 0.25) is 0 Å². The Morgan fingerprint density at radius 2 is 2.00 bits per heavy atom. The smallest absolute Gasteiger partial charge is 0.256 e. The van der Waals surface area contributed by atoms with Gasteiger partial charge in [0.25, 0.3) is 5.91 Å². The van der Waals surface area contributed by atoms with Crippen LogP contribution in [0, 0.1) is 6.92 Å². The summed E-state index contributed by atoms with van der Waals surface area (Å²) >= 11 is 1.64. The Balaban J connectivity index is 1.64. The van der Waals surface area contributed by atoms with Crippen LogP contribution in [0.2, 0.25) is 0 Å². The number of amides is 1. The van der Waals surface area contributed by atoms with Crippen molar-refractivity contribution in [1.82, 2.24) is 9.88 Å². The van der Waals surface area contributed by atoms with Crippen LogP contribution in [0.25, 0.3) is 0 Å². The first-order valence-corrected chi connectivity index (χ1v) is 8.72. The van der Waals surface area contributed by atoms with E-state index in [-0.39, 0.29) is 5.91 Å². The van der Waals surface area contributed by atoms with Gasteiger partial charge in [-0.3, -0.25) is 4.79 Å². The van der Waals surface area contributed by atoms with Crippen LogP contribution in [0.1, 0.15) is 23.8 Å². The molecule has 1 aromatic carbocycles. The number of carbonyl (C=O) groups excluding carboxylic acids is 1. The van der Waals surface area contributed by atoms with Gasteiger partial charge in [-0.25, -0.2) is 4.98 Å². The van der Waals surface area contributed by atoms with Gasteiger partial charge in [-0.1, -0.05) is 30.3 Å². The van der Waals surface area contributed by atoms with Crippen LogP contribution in [0.5, 0.6) is 0 Å². The highest BCUT2D eigenvalue weighted by molar-refractivity contribution is 7.13. The average molecular weight is 331 g/mol. The number of hydrogen-bond acceptors (Lipinski definition) is 5. The summed E-state index contributed by atoms with van der Waals surface area (Å²) in [6, 6.07) is 9.11. The molecule has 1 amide bonds. The largest absolute Gasteiger partial charge is 0.378 e. The molecule has 0 bridgehead atoms. The van der Waals surface area contributed by atoms with Crippen molar-refractivity contribution in [1.29, 1.82) is 0 Å². The van der Waals surface area contributed by atoms with Crippen LogP contribution in [0.3, 0.4) is 0 Å². The maximum absolute atomic E-state index is 12.5. The molecule has 0 aliphatic carbocycles. The Bertz CT molecular complexity index is 659. The van der Waals surface area contributed by atoms with Crippen molar-refractivity contribution in [3.63, 3.8) is 0 Å². The number of benzene rings is 1. The molecule has 1 atom stereocenters. The van der Waals surface area contributed by atoms with Crippen LogP contribution in [-0.4, -0.2) is 47.1 Å². The monoisotopic (exact) mass is 331 g/mol. The molecule has 0 spiro atoms. The van der Waals surface area contributed by atoms with Crippen molar-refractivity contribution in [3.8, 4) is 0 Å². The maximum atomic E-state index is 12.5. The molecule has 5 nitrogen and oxygen atoms in total. The molecule has 1 aliphatic rings. The number of aliphatic hydroxyl groups excluding tert-OH is 1. The molecule has 6 heteroatoms. The van der Waals surface area contributed by atoms with Gasteiger partial charge in [-0.2, -0.15) is 0 Å².